The summed E-state index contributed by atoms with van der Waals surface area (Å²) in [6.45, 7) is 11.2. The number of rotatable bonds is 6. The SMILES string of the molecule is CCn1nc(C(=O)N(CC(C)C)C(C)c2ccccc2C)ccc1=O. The van der Waals surface area contributed by atoms with Crippen molar-refractivity contribution >= 4 is 5.91 Å². The highest BCUT2D eigenvalue weighted by molar-refractivity contribution is 5.92. The van der Waals surface area contributed by atoms with Crippen molar-refractivity contribution in [3.05, 3.63) is 63.6 Å². The Bertz CT molecular complexity index is 796. The molecule has 5 nitrogen and oxygen atoms in total. The van der Waals surface area contributed by atoms with E-state index in [0.717, 1.165) is 11.1 Å². The molecule has 1 atom stereocenters. The number of aromatic nitrogens is 2. The summed E-state index contributed by atoms with van der Waals surface area (Å²) < 4.78 is 1.32. The highest BCUT2D eigenvalue weighted by Gasteiger charge is 2.25. The van der Waals surface area contributed by atoms with Crippen molar-refractivity contribution in [2.45, 2.75) is 47.2 Å². The van der Waals surface area contributed by atoms with Crippen molar-refractivity contribution < 1.29 is 4.79 Å². The lowest BCUT2D eigenvalue weighted by Gasteiger charge is -2.31. The number of carbonyl (C=O) groups is 1. The highest BCUT2D eigenvalue weighted by Crippen LogP contribution is 2.25. The summed E-state index contributed by atoms with van der Waals surface area (Å²) in [5.74, 6) is 0.180. The molecule has 134 valence electrons. The van der Waals surface area contributed by atoms with E-state index in [1.807, 2.05) is 30.9 Å². The molecule has 0 spiro atoms. The Morgan fingerprint density at radius 2 is 1.84 bits per heavy atom. The summed E-state index contributed by atoms with van der Waals surface area (Å²) >= 11 is 0. The smallest absolute Gasteiger partial charge is 0.274 e. The molecule has 0 fully saturated rings. The van der Waals surface area contributed by atoms with Gasteiger partial charge in [-0.3, -0.25) is 9.59 Å². The minimum absolute atomic E-state index is 0.0695. The first-order chi connectivity index (χ1) is 11.8. The molecule has 0 aliphatic carbocycles. The minimum Gasteiger partial charge on any atom is -0.330 e. The number of nitrogens with zero attached hydrogens (tertiary/aromatic N) is 3. The zero-order valence-electron chi connectivity index (χ0n) is 15.7. The van der Waals surface area contributed by atoms with Crippen LogP contribution in [0.5, 0.6) is 0 Å². The third-order valence-corrected chi connectivity index (χ3v) is 4.31. The summed E-state index contributed by atoms with van der Waals surface area (Å²) in [4.78, 5) is 26.7. The third-order valence-electron chi connectivity index (χ3n) is 4.31. The van der Waals surface area contributed by atoms with E-state index in [0.29, 0.717) is 24.7 Å². The van der Waals surface area contributed by atoms with Gasteiger partial charge in [-0.05, 0) is 43.9 Å². The van der Waals surface area contributed by atoms with Crippen LogP contribution in [0.15, 0.2) is 41.2 Å². The van der Waals surface area contributed by atoms with Crippen molar-refractivity contribution in [1.29, 1.82) is 0 Å². The van der Waals surface area contributed by atoms with Crippen LogP contribution in [0.25, 0.3) is 0 Å². The van der Waals surface area contributed by atoms with Crippen LogP contribution < -0.4 is 5.56 Å². The fourth-order valence-corrected chi connectivity index (χ4v) is 2.97. The number of amides is 1. The van der Waals surface area contributed by atoms with Crippen molar-refractivity contribution in [2.75, 3.05) is 6.54 Å². The lowest BCUT2D eigenvalue weighted by Crippen LogP contribution is -2.38. The van der Waals surface area contributed by atoms with Gasteiger partial charge in [-0.1, -0.05) is 38.1 Å². The van der Waals surface area contributed by atoms with E-state index in [1.165, 1.54) is 16.8 Å². The molecule has 0 N–H and O–H groups in total. The molecule has 0 aliphatic heterocycles. The average molecular weight is 341 g/mol. The van der Waals surface area contributed by atoms with Crippen LogP contribution in [0.4, 0.5) is 0 Å². The average Bonchev–Trinajstić information content (AvgIpc) is 2.59. The maximum absolute atomic E-state index is 13.1. The monoisotopic (exact) mass is 341 g/mol. The van der Waals surface area contributed by atoms with E-state index in [4.69, 9.17) is 0 Å². The normalized spacial score (nSPS) is 12.2. The fourth-order valence-electron chi connectivity index (χ4n) is 2.97. The molecule has 1 aromatic heterocycles. The molecule has 2 aromatic rings. The minimum atomic E-state index is -0.193. The van der Waals surface area contributed by atoms with Gasteiger partial charge >= 0.3 is 0 Å². The van der Waals surface area contributed by atoms with Gasteiger partial charge < -0.3 is 4.90 Å². The summed E-state index contributed by atoms with van der Waals surface area (Å²) in [6, 6.07) is 11.0. The first-order valence-corrected chi connectivity index (χ1v) is 8.79. The zero-order chi connectivity index (χ0) is 18.6. The quantitative estimate of drug-likeness (QED) is 0.809. The van der Waals surface area contributed by atoms with E-state index >= 15 is 0 Å². The third kappa shape index (κ3) is 4.35. The Morgan fingerprint density at radius 3 is 2.44 bits per heavy atom. The second kappa shape index (κ2) is 8.10. The summed E-state index contributed by atoms with van der Waals surface area (Å²) in [6.07, 6.45) is 0. The molecular weight excluding hydrogens is 314 g/mol. The van der Waals surface area contributed by atoms with Gasteiger partial charge in [0.25, 0.3) is 11.5 Å². The molecule has 1 amide bonds. The molecule has 25 heavy (non-hydrogen) atoms. The van der Waals surface area contributed by atoms with Crippen LogP contribution in [0, 0.1) is 12.8 Å². The molecule has 1 heterocycles. The van der Waals surface area contributed by atoms with Gasteiger partial charge in [0.15, 0.2) is 0 Å². The van der Waals surface area contributed by atoms with Gasteiger partial charge in [0.05, 0.1) is 6.04 Å². The number of aryl methyl sites for hydroxylation is 2. The van der Waals surface area contributed by atoms with Crippen LogP contribution >= 0.6 is 0 Å². The molecule has 0 aliphatic rings. The van der Waals surface area contributed by atoms with Crippen LogP contribution in [-0.4, -0.2) is 27.1 Å². The van der Waals surface area contributed by atoms with Gasteiger partial charge in [0, 0.05) is 19.2 Å². The predicted octanol–water partition coefficient (Wildman–Crippen LogP) is 3.43. The van der Waals surface area contributed by atoms with Gasteiger partial charge in [-0.15, -0.1) is 0 Å². The summed E-state index contributed by atoms with van der Waals surface area (Å²) in [5, 5.41) is 4.23. The van der Waals surface area contributed by atoms with E-state index in [-0.39, 0.29) is 17.5 Å². The van der Waals surface area contributed by atoms with E-state index in [2.05, 4.69) is 38.0 Å². The van der Waals surface area contributed by atoms with Crippen molar-refractivity contribution in [1.82, 2.24) is 14.7 Å². The van der Waals surface area contributed by atoms with E-state index in [1.54, 1.807) is 0 Å². The Balaban J connectivity index is 2.41. The first-order valence-electron chi connectivity index (χ1n) is 8.79. The Hall–Kier alpha value is -2.43. The first kappa shape index (κ1) is 18.9. The Kier molecular flexibility index (Phi) is 6.12. The number of hydrogen-bond donors (Lipinski definition) is 0. The highest BCUT2D eigenvalue weighted by atomic mass is 16.2. The maximum Gasteiger partial charge on any atom is 0.274 e. The Morgan fingerprint density at radius 1 is 1.16 bits per heavy atom. The van der Waals surface area contributed by atoms with E-state index < -0.39 is 0 Å². The molecule has 0 bridgehead atoms. The molecule has 0 saturated heterocycles. The van der Waals surface area contributed by atoms with Crippen molar-refractivity contribution in [3.8, 4) is 0 Å². The van der Waals surface area contributed by atoms with Crippen molar-refractivity contribution in [3.63, 3.8) is 0 Å². The Labute approximate surface area is 149 Å². The topological polar surface area (TPSA) is 55.2 Å². The number of hydrogen-bond acceptors (Lipinski definition) is 3. The fraction of sp³-hybridized carbons (Fsp3) is 0.450. The van der Waals surface area contributed by atoms with Gasteiger partial charge in [-0.25, -0.2) is 4.68 Å². The standard InChI is InChI=1S/C20H27N3O2/c1-6-23-19(24)12-11-18(21-23)20(25)22(13-14(2)3)16(5)17-10-8-7-9-15(17)4/h7-12,14,16H,6,13H2,1-5H3. The van der Waals surface area contributed by atoms with Crippen LogP contribution in [0.3, 0.4) is 0 Å². The second-order valence-electron chi connectivity index (χ2n) is 6.76. The maximum atomic E-state index is 13.1. The van der Waals surface area contributed by atoms with E-state index in [9.17, 15) is 9.59 Å². The van der Waals surface area contributed by atoms with Gasteiger partial charge in [0.1, 0.15) is 5.69 Å². The predicted molar refractivity (Wildman–Crippen MR) is 99.6 cm³/mol. The molecule has 2 rings (SSSR count). The molecule has 1 aromatic carbocycles. The van der Waals surface area contributed by atoms with Gasteiger partial charge in [-0.2, -0.15) is 5.10 Å². The van der Waals surface area contributed by atoms with Crippen LogP contribution in [0.1, 0.15) is 55.4 Å². The molecule has 0 radical (unpaired) electrons. The lowest BCUT2D eigenvalue weighted by atomic mass is 10.00. The molecule has 0 saturated carbocycles. The molecule has 1 unspecified atom stereocenters. The number of carbonyl (C=O) groups excluding carboxylic acids is 1. The number of benzene rings is 1. The van der Waals surface area contributed by atoms with Gasteiger partial charge in [0.2, 0.25) is 0 Å². The van der Waals surface area contributed by atoms with Crippen LogP contribution in [-0.2, 0) is 6.54 Å². The zero-order valence-corrected chi connectivity index (χ0v) is 15.7. The van der Waals surface area contributed by atoms with Crippen molar-refractivity contribution in [2.24, 2.45) is 5.92 Å². The largest absolute Gasteiger partial charge is 0.330 e. The molecular formula is C20H27N3O2. The second-order valence-corrected chi connectivity index (χ2v) is 6.76. The molecule has 5 heteroatoms. The summed E-state index contributed by atoms with van der Waals surface area (Å²) in [5.41, 5.74) is 2.40. The lowest BCUT2D eigenvalue weighted by molar-refractivity contribution is 0.0656. The van der Waals surface area contributed by atoms with Crippen LogP contribution in [0.2, 0.25) is 0 Å². The summed E-state index contributed by atoms with van der Waals surface area (Å²) in [7, 11) is 0.